The van der Waals surface area contributed by atoms with Gasteiger partial charge in [-0.05, 0) is 7.05 Å². The summed E-state index contributed by atoms with van der Waals surface area (Å²) in [6.45, 7) is 2.16. The van der Waals surface area contributed by atoms with Crippen LogP contribution in [0.2, 0.25) is 0 Å². The monoisotopic (exact) mass is 254 g/mol. The molecule has 0 heterocycles. The molecule has 0 bridgehead atoms. The van der Waals surface area contributed by atoms with Gasteiger partial charge in [-0.1, -0.05) is 0 Å². The number of benzene rings is 1. The maximum absolute atomic E-state index is 5.55. The molecule has 1 rings (SSSR count). The second-order valence-corrected chi connectivity index (χ2v) is 4.04. The van der Waals surface area contributed by atoms with Gasteiger partial charge in [0.05, 0.1) is 26.9 Å². The van der Waals surface area contributed by atoms with E-state index in [4.69, 9.17) is 19.9 Å². The smallest absolute Gasteiger partial charge is 0.130 e. The molecule has 0 saturated carbocycles. The summed E-state index contributed by atoms with van der Waals surface area (Å²) in [5.41, 5.74) is 6.54. The van der Waals surface area contributed by atoms with Crippen LogP contribution < -0.4 is 19.9 Å². The van der Waals surface area contributed by atoms with E-state index in [1.54, 1.807) is 21.3 Å². The van der Waals surface area contributed by atoms with E-state index >= 15 is 0 Å². The van der Waals surface area contributed by atoms with Gasteiger partial charge in [0.2, 0.25) is 0 Å². The third-order valence-electron chi connectivity index (χ3n) is 2.76. The lowest BCUT2D eigenvalue weighted by Gasteiger charge is -2.20. The molecule has 1 aromatic rings. The molecule has 0 radical (unpaired) electrons. The van der Waals surface area contributed by atoms with Crippen molar-refractivity contribution in [2.45, 2.75) is 6.54 Å². The van der Waals surface area contributed by atoms with Crippen LogP contribution in [0.3, 0.4) is 0 Å². The van der Waals surface area contributed by atoms with E-state index in [1.165, 1.54) is 0 Å². The highest BCUT2D eigenvalue weighted by Crippen LogP contribution is 2.34. The number of hydrogen-bond donors (Lipinski definition) is 1. The number of likely N-dealkylation sites (N-methyl/N-ethyl adjacent to an activating group) is 1. The van der Waals surface area contributed by atoms with Gasteiger partial charge in [0.1, 0.15) is 17.2 Å². The fraction of sp³-hybridized carbons (Fsp3) is 0.538. The summed E-state index contributed by atoms with van der Waals surface area (Å²) in [6.07, 6.45) is 0. The predicted molar refractivity (Wildman–Crippen MR) is 71.5 cm³/mol. The molecule has 0 amide bonds. The SMILES string of the molecule is COc1cc(OC)c(CN(C)CCN)c(OC)c1. The predicted octanol–water partition coefficient (Wildman–Crippen LogP) is 1.10. The van der Waals surface area contributed by atoms with E-state index in [-0.39, 0.29) is 0 Å². The molecule has 0 aromatic heterocycles. The molecule has 0 aliphatic heterocycles. The third kappa shape index (κ3) is 3.51. The highest BCUT2D eigenvalue weighted by molar-refractivity contribution is 5.50. The Bertz CT molecular complexity index is 357. The van der Waals surface area contributed by atoms with Gasteiger partial charge in [-0.3, -0.25) is 0 Å². The molecular weight excluding hydrogens is 232 g/mol. The summed E-state index contributed by atoms with van der Waals surface area (Å²) in [5, 5.41) is 0. The zero-order chi connectivity index (χ0) is 13.5. The van der Waals surface area contributed by atoms with E-state index in [9.17, 15) is 0 Å². The first-order valence-electron chi connectivity index (χ1n) is 5.83. The molecule has 5 nitrogen and oxygen atoms in total. The van der Waals surface area contributed by atoms with Crippen molar-refractivity contribution in [3.8, 4) is 17.2 Å². The highest BCUT2D eigenvalue weighted by atomic mass is 16.5. The first-order chi connectivity index (χ1) is 8.65. The van der Waals surface area contributed by atoms with E-state index in [1.807, 2.05) is 19.2 Å². The van der Waals surface area contributed by atoms with Gasteiger partial charge in [0, 0.05) is 31.8 Å². The van der Waals surface area contributed by atoms with Crippen LogP contribution in [0.4, 0.5) is 0 Å². The van der Waals surface area contributed by atoms with E-state index in [2.05, 4.69) is 4.90 Å². The average molecular weight is 254 g/mol. The average Bonchev–Trinajstić information content (AvgIpc) is 2.39. The van der Waals surface area contributed by atoms with Gasteiger partial charge < -0.3 is 24.8 Å². The van der Waals surface area contributed by atoms with E-state index < -0.39 is 0 Å². The van der Waals surface area contributed by atoms with Crippen LogP contribution in [0.1, 0.15) is 5.56 Å². The van der Waals surface area contributed by atoms with Gasteiger partial charge in [-0.15, -0.1) is 0 Å². The molecule has 1 aromatic carbocycles. The first kappa shape index (κ1) is 14.6. The number of hydrogen-bond acceptors (Lipinski definition) is 5. The van der Waals surface area contributed by atoms with E-state index in [0.717, 1.165) is 23.6 Å². The standard InChI is InChI=1S/C13H22N2O3/c1-15(6-5-14)9-11-12(17-3)7-10(16-2)8-13(11)18-4/h7-8H,5-6,9,14H2,1-4H3. The quantitative estimate of drug-likeness (QED) is 0.789. The second-order valence-electron chi connectivity index (χ2n) is 4.04. The Morgan fingerprint density at radius 2 is 1.61 bits per heavy atom. The van der Waals surface area contributed by atoms with Crippen LogP contribution in [-0.2, 0) is 6.54 Å². The molecule has 5 heteroatoms. The lowest BCUT2D eigenvalue weighted by Crippen LogP contribution is -2.25. The Balaban J connectivity index is 3.06. The molecule has 0 aliphatic rings. The number of nitrogens with zero attached hydrogens (tertiary/aromatic N) is 1. The summed E-state index contributed by atoms with van der Waals surface area (Å²) in [6, 6.07) is 3.71. The molecule has 18 heavy (non-hydrogen) atoms. The van der Waals surface area contributed by atoms with Crippen molar-refractivity contribution in [1.29, 1.82) is 0 Å². The van der Waals surface area contributed by atoms with Crippen LogP contribution >= 0.6 is 0 Å². The Labute approximate surface area is 108 Å². The summed E-state index contributed by atoms with van der Waals surface area (Å²) in [7, 11) is 6.91. The molecule has 2 N–H and O–H groups in total. The second kappa shape index (κ2) is 7.08. The highest BCUT2D eigenvalue weighted by Gasteiger charge is 2.14. The zero-order valence-corrected chi connectivity index (χ0v) is 11.5. The largest absolute Gasteiger partial charge is 0.496 e. The maximum Gasteiger partial charge on any atom is 0.130 e. The van der Waals surface area contributed by atoms with Crippen LogP contribution in [-0.4, -0.2) is 46.4 Å². The van der Waals surface area contributed by atoms with Crippen molar-refractivity contribution in [1.82, 2.24) is 4.90 Å². The minimum atomic E-state index is 0.622. The summed E-state index contributed by atoms with van der Waals surface area (Å²) in [4.78, 5) is 2.12. The first-order valence-corrected chi connectivity index (χ1v) is 5.83. The van der Waals surface area contributed by atoms with Crippen molar-refractivity contribution in [3.05, 3.63) is 17.7 Å². The molecule has 0 saturated heterocycles. The molecule has 0 aliphatic carbocycles. The van der Waals surface area contributed by atoms with Gasteiger partial charge in [-0.25, -0.2) is 0 Å². The topological polar surface area (TPSA) is 57.0 Å². The Kier molecular flexibility index (Phi) is 5.74. The molecular formula is C13H22N2O3. The molecule has 0 atom stereocenters. The summed E-state index contributed by atoms with van der Waals surface area (Å²) < 4.78 is 16.0. The van der Waals surface area contributed by atoms with Gasteiger partial charge >= 0.3 is 0 Å². The van der Waals surface area contributed by atoms with Gasteiger partial charge in [-0.2, -0.15) is 0 Å². The van der Waals surface area contributed by atoms with Crippen LogP contribution in [0.15, 0.2) is 12.1 Å². The fourth-order valence-electron chi connectivity index (χ4n) is 1.80. The summed E-state index contributed by atoms with van der Waals surface area (Å²) in [5.74, 6) is 2.24. The number of rotatable bonds is 7. The maximum atomic E-state index is 5.55. The Hall–Kier alpha value is -1.46. The van der Waals surface area contributed by atoms with Crippen molar-refractivity contribution in [2.75, 3.05) is 41.5 Å². The molecule has 0 spiro atoms. The minimum absolute atomic E-state index is 0.622. The van der Waals surface area contributed by atoms with Crippen molar-refractivity contribution in [3.63, 3.8) is 0 Å². The van der Waals surface area contributed by atoms with Crippen LogP contribution in [0.5, 0.6) is 17.2 Å². The van der Waals surface area contributed by atoms with Crippen LogP contribution in [0, 0.1) is 0 Å². The zero-order valence-electron chi connectivity index (χ0n) is 11.5. The van der Waals surface area contributed by atoms with Crippen LogP contribution in [0.25, 0.3) is 0 Å². The van der Waals surface area contributed by atoms with Gasteiger partial charge in [0.15, 0.2) is 0 Å². The Morgan fingerprint density at radius 1 is 1.06 bits per heavy atom. The lowest BCUT2D eigenvalue weighted by atomic mass is 10.1. The summed E-state index contributed by atoms with van der Waals surface area (Å²) >= 11 is 0. The van der Waals surface area contributed by atoms with E-state index in [0.29, 0.717) is 18.8 Å². The normalized spacial score (nSPS) is 10.6. The Morgan fingerprint density at radius 3 is 2.00 bits per heavy atom. The van der Waals surface area contributed by atoms with Crippen molar-refractivity contribution >= 4 is 0 Å². The number of nitrogens with two attached hydrogens (primary N) is 1. The van der Waals surface area contributed by atoms with Gasteiger partial charge in [0.25, 0.3) is 0 Å². The van der Waals surface area contributed by atoms with Crippen molar-refractivity contribution in [2.24, 2.45) is 5.73 Å². The fourth-order valence-corrected chi connectivity index (χ4v) is 1.80. The van der Waals surface area contributed by atoms with Crippen molar-refractivity contribution < 1.29 is 14.2 Å². The lowest BCUT2D eigenvalue weighted by molar-refractivity contribution is 0.310. The number of methoxy groups -OCH3 is 3. The third-order valence-corrected chi connectivity index (χ3v) is 2.76. The molecule has 0 fully saturated rings. The number of ether oxygens (including phenoxy) is 3. The minimum Gasteiger partial charge on any atom is -0.496 e. The molecule has 102 valence electrons. The molecule has 0 unspecified atom stereocenters.